The van der Waals surface area contributed by atoms with Crippen LogP contribution in [0, 0.1) is 0 Å². The minimum Gasteiger partial charge on any atom is -0.228 e. The predicted molar refractivity (Wildman–Crippen MR) is 223 cm³/mol. The second-order valence-electron chi connectivity index (χ2n) is 14.1. The predicted octanol–water partition coefficient (Wildman–Crippen LogP) is 13.1. The second kappa shape index (κ2) is 12.3. The highest BCUT2D eigenvalue weighted by atomic mass is 32.2. The third-order valence-electron chi connectivity index (χ3n) is 11.1. The molecule has 8 aromatic carbocycles. The SMILES string of the molecule is c1ccc(-c2nc(-c3cccc(-c4cccc5c4Sc4ccccc4C54c5ccccc5-c5ccccc54)c3)cc(-c3ccc4ccccc4c3)n2)cc1. The van der Waals surface area contributed by atoms with Crippen LogP contribution in [0.1, 0.15) is 22.3 Å². The van der Waals surface area contributed by atoms with E-state index in [4.69, 9.17) is 9.97 Å². The van der Waals surface area contributed by atoms with Crippen LogP contribution < -0.4 is 0 Å². The third kappa shape index (κ3) is 4.68. The van der Waals surface area contributed by atoms with Gasteiger partial charge in [0.15, 0.2) is 5.82 Å². The zero-order chi connectivity index (χ0) is 35.6. The standard InChI is InChI=1S/C51H32N2S/c1-2-15-34(16-3-1)50-52-46(32-47(53-50)38-29-28-33-14-4-5-17-35(33)30-38)37-19-12-18-36(31-37)39-22-13-26-45-49(39)54-48-27-11-10-25-44(48)51(45)42-23-8-6-20-40(42)41-21-7-9-24-43(41)51/h1-32H. The maximum Gasteiger partial charge on any atom is 0.160 e. The molecule has 54 heavy (non-hydrogen) atoms. The normalized spacial score (nSPS) is 13.3. The van der Waals surface area contributed by atoms with Gasteiger partial charge >= 0.3 is 0 Å². The molecule has 1 aliphatic heterocycles. The van der Waals surface area contributed by atoms with Crippen LogP contribution in [0.25, 0.3) is 66.9 Å². The summed E-state index contributed by atoms with van der Waals surface area (Å²) in [6, 6.07) is 70.3. The van der Waals surface area contributed by atoms with Crippen molar-refractivity contribution in [2.75, 3.05) is 0 Å². The molecule has 0 radical (unpaired) electrons. The number of benzene rings is 8. The van der Waals surface area contributed by atoms with Gasteiger partial charge in [0.2, 0.25) is 0 Å². The molecule has 1 spiro atoms. The number of rotatable bonds is 4. The Morgan fingerprint density at radius 3 is 1.69 bits per heavy atom. The summed E-state index contributed by atoms with van der Waals surface area (Å²) in [5.41, 5.74) is 14.9. The van der Waals surface area contributed by atoms with Gasteiger partial charge < -0.3 is 0 Å². The van der Waals surface area contributed by atoms with Crippen molar-refractivity contribution in [3.8, 4) is 56.2 Å². The van der Waals surface area contributed by atoms with Crippen molar-refractivity contribution < 1.29 is 0 Å². The first-order chi connectivity index (χ1) is 26.8. The molecular weight excluding hydrogens is 673 g/mol. The van der Waals surface area contributed by atoms with Crippen molar-refractivity contribution in [1.82, 2.24) is 9.97 Å². The van der Waals surface area contributed by atoms with Gasteiger partial charge in [-0.25, -0.2) is 9.97 Å². The number of hydrogen-bond acceptors (Lipinski definition) is 3. The molecule has 0 amide bonds. The largest absolute Gasteiger partial charge is 0.228 e. The van der Waals surface area contributed by atoms with Crippen LogP contribution in [-0.2, 0) is 5.41 Å². The van der Waals surface area contributed by atoms with E-state index in [0.717, 1.165) is 33.6 Å². The van der Waals surface area contributed by atoms with Crippen LogP contribution in [0.15, 0.2) is 204 Å². The minimum atomic E-state index is -0.413. The van der Waals surface area contributed by atoms with E-state index in [1.165, 1.54) is 59.5 Å². The zero-order valence-corrected chi connectivity index (χ0v) is 30.1. The molecule has 1 aliphatic carbocycles. The number of aromatic nitrogens is 2. The van der Waals surface area contributed by atoms with Gasteiger partial charge in [-0.1, -0.05) is 182 Å². The quantitative estimate of drug-likeness (QED) is 0.182. The van der Waals surface area contributed by atoms with Crippen molar-refractivity contribution in [1.29, 1.82) is 0 Å². The van der Waals surface area contributed by atoms with E-state index in [0.29, 0.717) is 5.82 Å². The molecule has 9 aromatic rings. The average molecular weight is 705 g/mol. The Labute approximate surface area is 318 Å². The first-order valence-electron chi connectivity index (χ1n) is 18.4. The maximum atomic E-state index is 5.21. The third-order valence-corrected chi connectivity index (χ3v) is 12.4. The van der Waals surface area contributed by atoms with Gasteiger partial charge in [-0.15, -0.1) is 0 Å². The van der Waals surface area contributed by atoms with Crippen LogP contribution in [0.2, 0.25) is 0 Å². The molecule has 2 nitrogen and oxygen atoms in total. The van der Waals surface area contributed by atoms with Gasteiger partial charge in [0.1, 0.15) is 0 Å². The van der Waals surface area contributed by atoms with E-state index in [1.54, 1.807) is 0 Å². The molecular formula is C51H32N2S. The molecule has 0 atom stereocenters. The molecule has 2 aliphatic rings. The van der Waals surface area contributed by atoms with E-state index >= 15 is 0 Å². The van der Waals surface area contributed by atoms with E-state index in [1.807, 2.05) is 30.0 Å². The summed E-state index contributed by atoms with van der Waals surface area (Å²) < 4.78 is 0. The summed E-state index contributed by atoms with van der Waals surface area (Å²) >= 11 is 1.89. The van der Waals surface area contributed by atoms with Crippen molar-refractivity contribution in [2.45, 2.75) is 15.2 Å². The first-order valence-corrected chi connectivity index (χ1v) is 19.2. The molecule has 2 heterocycles. The Morgan fingerprint density at radius 2 is 0.907 bits per heavy atom. The lowest BCUT2D eigenvalue weighted by Crippen LogP contribution is -2.32. The van der Waals surface area contributed by atoms with Crippen LogP contribution in [0.3, 0.4) is 0 Å². The highest BCUT2D eigenvalue weighted by Gasteiger charge is 2.50. The molecule has 11 rings (SSSR count). The topological polar surface area (TPSA) is 25.8 Å². The van der Waals surface area contributed by atoms with E-state index in [-0.39, 0.29) is 0 Å². The van der Waals surface area contributed by atoms with Crippen molar-refractivity contribution in [2.24, 2.45) is 0 Å². The lowest BCUT2D eigenvalue weighted by atomic mass is 9.67. The number of fused-ring (bicyclic) bond motifs is 10. The van der Waals surface area contributed by atoms with Crippen molar-refractivity contribution in [3.05, 3.63) is 216 Å². The van der Waals surface area contributed by atoms with Crippen LogP contribution in [-0.4, -0.2) is 9.97 Å². The summed E-state index contributed by atoms with van der Waals surface area (Å²) in [5.74, 6) is 0.714. The number of hydrogen-bond donors (Lipinski definition) is 0. The van der Waals surface area contributed by atoms with Gasteiger partial charge in [-0.2, -0.15) is 0 Å². The monoisotopic (exact) mass is 704 g/mol. The highest BCUT2D eigenvalue weighted by Crippen LogP contribution is 2.63. The fraction of sp³-hybridized carbons (Fsp3) is 0.0196. The molecule has 0 fully saturated rings. The lowest BCUT2D eigenvalue weighted by Gasteiger charge is -2.40. The van der Waals surface area contributed by atoms with E-state index in [9.17, 15) is 0 Å². The Kier molecular flexibility index (Phi) is 7.05. The van der Waals surface area contributed by atoms with Gasteiger partial charge in [0.05, 0.1) is 16.8 Å². The molecule has 252 valence electrons. The van der Waals surface area contributed by atoms with Gasteiger partial charge in [0, 0.05) is 26.5 Å². The van der Waals surface area contributed by atoms with Crippen LogP contribution in [0.5, 0.6) is 0 Å². The molecule has 1 aromatic heterocycles. The maximum absolute atomic E-state index is 5.21. The first kappa shape index (κ1) is 31.0. The number of nitrogens with zero attached hydrogens (tertiary/aromatic N) is 2. The zero-order valence-electron chi connectivity index (χ0n) is 29.3. The average Bonchev–Trinajstić information content (AvgIpc) is 3.54. The summed E-state index contributed by atoms with van der Waals surface area (Å²) in [5, 5.41) is 2.40. The van der Waals surface area contributed by atoms with Gasteiger partial charge in [0.25, 0.3) is 0 Å². The Morgan fingerprint density at radius 1 is 0.352 bits per heavy atom. The summed E-state index contributed by atoms with van der Waals surface area (Å²) in [6.45, 7) is 0. The minimum absolute atomic E-state index is 0.413. The molecule has 0 N–H and O–H groups in total. The van der Waals surface area contributed by atoms with Crippen molar-refractivity contribution >= 4 is 22.5 Å². The van der Waals surface area contributed by atoms with Crippen molar-refractivity contribution in [3.63, 3.8) is 0 Å². The van der Waals surface area contributed by atoms with Gasteiger partial charge in [-0.05, 0) is 79.5 Å². The second-order valence-corrected chi connectivity index (χ2v) is 15.1. The highest BCUT2D eigenvalue weighted by molar-refractivity contribution is 7.99. The fourth-order valence-corrected chi connectivity index (χ4v) is 10.1. The smallest absolute Gasteiger partial charge is 0.160 e. The fourth-order valence-electron chi connectivity index (χ4n) is 8.76. The molecule has 0 bridgehead atoms. The Hall–Kier alpha value is -6.55. The molecule has 3 heteroatoms. The molecule has 0 saturated carbocycles. The molecule has 0 unspecified atom stereocenters. The lowest BCUT2D eigenvalue weighted by molar-refractivity contribution is 0.723. The summed E-state index contributed by atoms with van der Waals surface area (Å²) in [6.07, 6.45) is 0. The van der Waals surface area contributed by atoms with E-state index < -0.39 is 5.41 Å². The Balaban J connectivity index is 1.10. The van der Waals surface area contributed by atoms with Crippen LogP contribution >= 0.6 is 11.8 Å². The van der Waals surface area contributed by atoms with E-state index in [2.05, 4.69) is 176 Å². The summed E-state index contributed by atoms with van der Waals surface area (Å²) in [4.78, 5) is 12.9. The molecule has 0 saturated heterocycles. The Bertz CT molecular complexity index is 2880. The summed E-state index contributed by atoms with van der Waals surface area (Å²) in [7, 11) is 0. The van der Waals surface area contributed by atoms with Gasteiger partial charge in [-0.3, -0.25) is 0 Å². The van der Waals surface area contributed by atoms with Crippen LogP contribution in [0.4, 0.5) is 0 Å².